The zero-order chi connectivity index (χ0) is 13.3. The van der Waals surface area contributed by atoms with Crippen LogP contribution in [0.5, 0.6) is 0 Å². The van der Waals surface area contributed by atoms with E-state index in [1.54, 1.807) is 24.0 Å². The van der Waals surface area contributed by atoms with Gasteiger partial charge in [-0.25, -0.2) is 0 Å². The predicted octanol–water partition coefficient (Wildman–Crippen LogP) is 1.53. The molecule has 0 saturated carbocycles. The molecule has 0 N–H and O–H groups in total. The van der Waals surface area contributed by atoms with Gasteiger partial charge in [-0.2, -0.15) is 0 Å². The topological polar surface area (TPSA) is 66.7 Å². The Morgan fingerprint density at radius 2 is 2.17 bits per heavy atom. The number of carbonyl (C=O) groups excluding carboxylic acids is 1. The molecular weight excluding hydrogens is 234 g/mol. The molecule has 1 aromatic rings. The molecular formula is C12H15N3O3. The number of hydrogen-bond donors (Lipinski definition) is 0. The average molecular weight is 249 g/mol. The van der Waals surface area contributed by atoms with Crippen molar-refractivity contribution in [3.05, 3.63) is 33.9 Å². The number of nitro benzene ring substituents is 1. The van der Waals surface area contributed by atoms with E-state index in [1.807, 2.05) is 11.8 Å². The number of likely N-dealkylation sites (N-methyl/N-ethyl adjacent to an activating group) is 1. The van der Waals surface area contributed by atoms with Crippen LogP contribution in [-0.4, -0.2) is 35.5 Å². The number of nitro groups is 1. The summed E-state index contributed by atoms with van der Waals surface area (Å²) in [5.74, 6) is 0.0912. The fourth-order valence-corrected chi connectivity index (χ4v) is 2.09. The first-order valence-electron chi connectivity index (χ1n) is 5.80. The first-order valence-corrected chi connectivity index (χ1v) is 5.80. The standard InChI is InChI=1S/C12H15N3O3/c1-3-13-8-14(7-12(13)16)10-4-5-11(15(17)18)9(2)6-10/h4-6H,3,7-8H2,1-2H3. The van der Waals surface area contributed by atoms with E-state index in [4.69, 9.17) is 0 Å². The van der Waals surface area contributed by atoms with Crippen molar-refractivity contribution in [3.8, 4) is 0 Å². The van der Waals surface area contributed by atoms with Gasteiger partial charge >= 0.3 is 0 Å². The molecule has 1 fully saturated rings. The molecule has 0 bridgehead atoms. The molecule has 1 aromatic carbocycles. The second-order valence-corrected chi connectivity index (χ2v) is 4.32. The Balaban J connectivity index is 2.23. The highest BCUT2D eigenvalue weighted by molar-refractivity contribution is 5.84. The summed E-state index contributed by atoms with van der Waals surface area (Å²) in [6, 6.07) is 4.94. The van der Waals surface area contributed by atoms with E-state index in [0.717, 1.165) is 5.69 Å². The molecule has 0 radical (unpaired) electrons. The van der Waals surface area contributed by atoms with E-state index in [-0.39, 0.29) is 11.6 Å². The highest BCUT2D eigenvalue weighted by Gasteiger charge is 2.26. The van der Waals surface area contributed by atoms with E-state index >= 15 is 0 Å². The monoisotopic (exact) mass is 249 g/mol. The van der Waals surface area contributed by atoms with Crippen LogP contribution in [0.15, 0.2) is 18.2 Å². The molecule has 1 amide bonds. The van der Waals surface area contributed by atoms with Gasteiger partial charge in [0.2, 0.25) is 5.91 Å². The van der Waals surface area contributed by atoms with Crippen LogP contribution in [-0.2, 0) is 4.79 Å². The smallest absolute Gasteiger partial charge is 0.272 e. The Hall–Kier alpha value is -2.11. The van der Waals surface area contributed by atoms with Crippen molar-refractivity contribution < 1.29 is 9.72 Å². The summed E-state index contributed by atoms with van der Waals surface area (Å²) >= 11 is 0. The Bertz CT molecular complexity index is 501. The van der Waals surface area contributed by atoms with Crippen LogP contribution in [0.4, 0.5) is 11.4 Å². The largest absolute Gasteiger partial charge is 0.344 e. The molecule has 0 unspecified atom stereocenters. The van der Waals surface area contributed by atoms with Gasteiger partial charge in [-0.1, -0.05) is 0 Å². The van der Waals surface area contributed by atoms with Crippen LogP contribution >= 0.6 is 0 Å². The lowest BCUT2D eigenvalue weighted by molar-refractivity contribution is -0.385. The van der Waals surface area contributed by atoms with Gasteiger partial charge in [0.15, 0.2) is 0 Å². The third-order valence-electron chi connectivity index (χ3n) is 3.14. The fourth-order valence-electron chi connectivity index (χ4n) is 2.09. The van der Waals surface area contributed by atoms with E-state index in [9.17, 15) is 14.9 Å². The van der Waals surface area contributed by atoms with Crippen molar-refractivity contribution in [2.45, 2.75) is 13.8 Å². The number of amides is 1. The van der Waals surface area contributed by atoms with Crippen molar-refractivity contribution >= 4 is 17.3 Å². The molecule has 6 nitrogen and oxygen atoms in total. The average Bonchev–Trinajstić information content (AvgIpc) is 2.70. The lowest BCUT2D eigenvalue weighted by atomic mass is 10.1. The number of anilines is 1. The van der Waals surface area contributed by atoms with Gasteiger partial charge in [0, 0.05) is 23.9 Å². The molecule has 1 saturated heterocycles. The van der Waals surface area contributed by atoms with Gasteiger partial charge in [-0.15, -0.1) is 0 Å². The number of rotatable bonds is 3. The highest BCUT2D eigenvalue weighted by Crippen LogP contribution is 2.25. The van der Waals surface area contributed by atoms with Crippen LogP contribution in [0.2, 0.25) is 0 Å². The molecule has 2 rings (SSSR count). The quantitative estimate of drug-likeness (QED) is 0.602. The van der Waals surface area contributed by atoms with Crippen molar-refractivity contribution in [2.24, 2.45) is 0 Å². The summed E-state index contributed by atoms with van der Waals surface area (Å²) < 4.78 is 0. The summed E-state index contributed by atoms with van der Waals surface area (Å²) in [6.45, 7) is 5.21. The van der Waals surface area contributed by atoms with Crippen molar-refractivity contribution in [1.82, 2.24) is 4.90 Å². The number of hydrogen-bond acceptors (Lipinski definition) is 4. The lowest BCUT2D eigenvalue weighted by Crippen LogP contribution is -2.26. The third-order valence-corrected chi connectivity index (χ3v) is 3.14. The molecule has 1 aliphatic heterocycles. The summed E-state index contributed by atoms with van der Waals surface area (Å²) in [4.78, 5) is 25.6. The SMILES string of the molecule is CCN1CN(c2ccc([N+](=O)[O-])c(C)c2)CC1=O. The molecule has 1 heterocycles. The highest BCUT2D eigenvalue weighted by atomic mass is 16.6. The van der Waals surface area contributed by atoms with Gasteiger partial charge in [0.25, 0.3) is 5.69 Å². The maximum absolute atomic E-state index is 11.6. The molecule has 1 aliphatic rings. The minimum Gasteiger partial charge on any atom is -0.344 e. The Labute approximate surface area is 105 Å². The zero-order valence-corrected chi connectivity index (χ0v) is 10.4. The Morgan fingerprint density at radius 3 is 2.67 bits per heavy atom. The summed E-state index contributed by atoms with van der Waals surface area (Å²) in [7, 11) is 0. The zero-order valence-electron chi connectivity index (χ0n) is 10.4. The van der Waals surface area contributed by atoms with Gasteiger partial charge in [0.1, 0.15) is 0 Å². The summed E-state index contributed by atoms with van der Waals surface area (Å²) in [6.07, 6.45) is 0. The maximum Gasteiger partial charge on any atom is 0.272 e. The molecule has 0 spiro atoms. The number of benzene rings is 1. The van der Waals surface area contributed by atoms with E-state index in [1.165, 1.54) is 6.07 Å². The van der Waals surface area contributed by atoms with Crippen molar-refractivity contribution in [1.29, 1.82) is 0 Å². The maximum atomic E-state index is 11.6. The van der Waals surface area contributed by atoms with Crippen LogP contribution < -0.4 is 4.90 Å². The Morgan fingerprint density at radius 1 is 1.44 bits per heavy atom. The molecule has 18 heavy (non-hydrogen) atoms. The number of nitrogens with zero attached hydrogens (tertiary/aromatic N) is 3. The molecule has 0 aromatic heterocycles. The summed E-state index contributed by atoms with van der Waals surface area (Å²) in [5, 5.41) is 10.7. The first-order chi connectivity index (χ1) is 8.52. The normalized spacial score (nSPS) is 15.3. The van der Waals surface area contributed by atoms with Crippen LogP contribution in [0.25, 0.3) is 0 Å². The van der Waals surface area contributed by atoms with Gasteiger partial charge in [-0.05, 0) is 26.0 Å². The second-order valence-electron chi connectivity index (χ2n) is 4.32. The van der Waals surface area contributed by atoms with Crippen LogP contribution in [0.1, 0.15) is 12.5 Å². The van der Waals surface area contributed by atoms with E-state index < -0.39 is 4.92 Å². The van der Waals surface area contributed by atoms with Crippen LogP contribution in [0.3, 0.4) is 0 Å². The molecule has 0 atom stereocenters. The number of aryl methyl sites for hydroxylation is 1. The summed E-state index contributed by atoms with van der Waals surface area (Å²) in [5.41, 5.74) is 1.57. The molecule has 0 aliphatic carbocycles. The van der Waals surface area contributed by atoms with E-state index in [2.05, 4.69) is 0 Å². The van der Waals surface area contributed by atoms with Gasteiger partial charge < -0.3 is 9.80 Å². The van der Waals surface area contributed by atoms with Crippen molar-refractivity contribution in [3.63, 3.8) is 0 Å². The van der Waals surface area contributed by atoms with Crippen molar-refractivity contribution in [2.75, 3.05) is 24.7 Å². The molecule has 6 heteroatoms. The van der Waals surface area contributed by atoms with Gasteiger partial charge in [0.05, 0.1) is 18.1 Å². The minimum absolute atomic E-state index is 0.0912. The second kappa shape index (κ2) is 4.64. The fraction of sp³-hybridized carbons (Fsp3) is 0.417. The Kier molecular flexibility index (Phi) is 3.18. The van der Waals surface area contributed by atoms with E-state index in [0.29, 0.717) is 25.3 Å². The van der Waals surface area contributed by atoms with Crippen LogP contribution in [0, 0.1) is 17.0 Å². The third kappa shape index (κ3) is 2.13. The first kappa shape index (κ1) is 12.3. The predicted molar refractivity (Wildman–Crippen MR) is 67.4 cm³/mol. The number of carbonyl (C=O) groups is 1. The lowest BCUT2D eigenvalue weighted by Gasteiger charge is -2.18. The minimum atomic E-state index is -0.396. The molecule has 96 valence electrons. The van der Waals surface area contributed by atoms with Gasteiger partial charge in [-0.3, -0.25) is 14.9 Å².